The summed E-state index contributed by atoms with van der Waals surface area (Å²) in [6, 6.07) is 6.40. The molecule has 2 saturated heterocycles. The van der Waals surface area contributed by atoms with E-state index in [1.165, 1.54) is 9.78 Å². The van der Waals surface area contributed by atoms with Crippen LogP contribution < -0.4 is 21.1 Å². The van der Waals surface area contributed by atoms with Crippen LogP contribution in [-0.4, -0.2) is 205 Å². The van der Waals surface area contributed by atoms with Gasteiger partial charge in [-0.25, -0.2) is 15.0 Å². The Hall–Kier alpha value is -5.28. The minimum absolute atomic E-state index is 0.000679. The molecule has 24 heteroatoms. The molecule has 0 bridgehead atoms. The summed E-state index contributed by atoms with van der Waals surface area (Å²) in [5, 5.41) is 27.4. The zero-order valence-electron chi connectivity index (χ0n) is 46.4. The van der Waals surface area contributed by atoms with Gasteiger partial charge in [-0.2, -0.15) is 0 Å². The normalized spacial score (nSPS) is 21.4. The summed E-state index contributed by atoms with van der Waals surface area (Å²) in [5.41, 5.74) is 10.5. The minimum atomic E-state index is -1.19. The molecule has 4 aromatic rings. The van der Waals surface area contributed by atoms with Gasteiger partial charge in [-0.1, -0.05) is 45.0 Å². The number of β-amino-alcohol motifs (C(OH)–C–C–N with tert-alkyl or cyclic N) is 1. The van der Waals surface area contributed by atoms with Crippen LogP contribution in [0.5, 0.6) is 5.88 Å². The van der Waals surface area contributed by atoms with E-state index in [2.05, 4.69) is 30.5 Å². The number of nitrogens with two attached hydrogens (primary N) is 1. The summed E-state index contributed by atoms with van der Waals surface area (Å²) < 4.78 is 34.5. The molecular weight excluding hydrogens is 1070 g/mol. The number of nitrogens with zero attached hydrogens (tertiary/aromatic N) is 6. The number of aromatic nitrogens is 3. The third-order valence-electron chi connectivity index (χ3n) is 15.3. The number of aliphatic hydroxyl groups excluding tert-OH is 2. The van der Waals surface area contributed by atoms with Crippen molar-refractivity contribution >= 4 is 62.4 Å². The molecule has 5 atom stereocenters. The number of rotatable bonds is 28. The van der Waals surface area contributed by atoms with Crippen LogP contribution in [-0.2, 0) is 60.6 Å². The monoisotopic (exact) mass is 1150 g/mol. The predicted octanol–water partition coefficient (Wildman–Crippen LogP) is 3.12. The smallest absolute Gasteiger partial charge is 0.248 e. The fourth-order valence-electron chi connectivity index (χ4n) is 10.9. The number of hydrogen-bond acceptors (Lipinski definition) is 19. The molecule has 3 fully saturated rings. The van der Waals surface area contributed by atoms with Gasteiger partial charge in [0.1, 0.15) is 48.7 Å². The molecule has 0 unspecified atom stereocenters. The number of piperazine rings is 1. The number of aliphatic hydroxyl groups is 2. The fraction of sp³-hybridized carbons (Fsp3) is 0.643. The second-order valence-electron chi connectivity index (χ2n) is 22.0. The van der Waals surface area contributed by atoms with Crippen molar-refractivity contribution in [3.05, 3.63) is 57.8 Å². The predicted molar refractivity (Wildman–Crippen MR) is 299 cm³/mol. The van der Waals surface area contributed by atoms with E-state index in [9.17, 15) is 34.2 Å². The molecule has 438 valence electrons. The van der Waals surface area contributed by atoms with Gasteiger partial charge in [0.2, 0.25) is 35.4 Å². The Labute approximate surface area is 475 Å². The Bertz CT molecular complexity index is 2690. The quantitative estimate of drug-likeness (QED) is 0.0511. The van der Waals surface area contributed by atoms with Gasteiger partial charge in [0, 0.05) is 56.6 Å². The highest BCUT2D eigenvalue weighted by atomic mass is 32.1. The van der Waals surface area contributed by atoms with Gasteiger partial charge in [-0.15, -0.1) is 22.7 Å². The second kappa shape index (κ2) is 29.1. The van der Waals surface area contributed by atoms with E-state index < -0.39 is 47.4 Å². The van der Waals surface area contributed by atoms with Crippen molar-refractivity contribution in [2.45, 2.75) is 128 Å². The third kappa shape index (κ3) is 16.5. The number of carbonyl (C=O) groups is 5. The van der Waals surface area contributed by atoms with E-state index in [1.807, 2.05) is 62.4 Å². The number of benzene rings is 1. The van der Waals surface area contributed by atoms with Crippen molar-refractivity contribution in [2.24, 2.45) is 11.1 Å². The Balaban J connectivity index is 0.618. The molecule has 4 aliphatic rings. The first-order chi connectivity index (χ1) is 38.5. The third-order valence-corrected chi connectivity index (χ3v) is 17.4. The van der Waals surface area contributed by atoms with Gasteiger partial charge in [-0.05, 0) is 79.9 Å². The number of amides is 5. The first kappa shape index (κ1) is 60.8. The zero-order chi connectivity index (χ0) is 56.8. The van der Waals surface area contributed by atoms with E-state index >= 15 is 0 Å². The number of ether oxygens (including phenoxy) is 6. The number of thiophene rings is 1. The van der Waals surface area contributed by atoms with Crippen molar-refractivity contribution < 1.29 is 62.6 Å². The molecule has 2 aliphatic heterocycles. The minimum Gasteiger partial charge on any atom is -0.474 e. The first-order valence-corrected chi connectivity index (χ1v) is 29.6. The van der Waals surface area contributed by atoms with Crippen molar-refractivity contribution in [1.82, 2.24) is 40.3 Å². The average Bonchev–Trinajstić information content (AvgIpc) is 4.35. The molecule has 5 amide bonds. The second-order valence-corrected chi connectivity index (χ2v) is 24.0. The highest BCUT2D eigenvalue weighted by molar-refractivity contribution is 7.19. The van der Waals surface area contributed by atoms with Crippen LogP contribution in [0.1, 0.15) is 93.3 Å². The number of carbonyl (C=O) groups excluding carboxylic acids is 5. The first-order valence-electron chi connectivity index (χ1n) is 27.9. The van der Waals surface area contributed by atoms with Crippen LogP contribution >= 0.6 is 22.7 Å². The lowest BCUT2D eigenvalue weighted by atomic mass is 9.85. The van der Waals surface area contributed by atoms with Crippen LogP contribution in [0.3, 0.4) is 0 Å². The molecule has 3 aromatic heterocycles. The highest BCUT2D eigenvalue weighted by Crippen LogP contribution is 2.48. The van der Waals surface area contributed by atoms with Crippen LogP contribution in [0.15, 0.2) is 36.1 Å². The number of hydrogen-bond donors (Lipinski definition) is 5. The molecule has 6 N–H and O–H groups in total. The Morgan fingerprint density at radius 1 is 0.838 bits per heavy atom. The van der Waals surface area contributed by atoms with E-state index in [0.29, 0.717) is 58.0 Å². The summed E-state index contributed by atoms with van der Waals surface area (Å²) >= 11 is 3.20. The molecule has 5 heterocycles. The molecule has 80 heavy (non-hydrogen) atoms. The fourth-order valence-corrected chi connectivity index (χ4v) is 13.0. The number of likely N-dealkylation sites (tertiary alicyclic amines) is 1. The van der Waals surface area contributed by atoms with Gasteiger partial charge in [-0.3, -0.25) is 28.9 Å². The molecule has 1 aromatic carbocycles. The summed E-state index contributed by atoms with van der Waals surface area (Å²) in [6.45, 7) is 12.6. The van der Waals surface area contributed by atoms with Gasteiger partial charge in [0.15, 0.2) is 0 Å². The Morgan fingerprint density at radius 2 is 1.49 bits per heavy atom. The molecular formula is C56H79N9O13S2. The number of thiazole rings is 1. The highest BCUT2D eigenvalue weighted by Gasteiger charge is 2.45. The molecule has 0 spiro atoms. The molecule has 0 radical (unpaired) electrons. The van der Waals surface area contributed by atoms with Gasteiger partial charge < -0.3 is 64.8 Å². The van der Waals surface area contributed by atoms with Crippen molar-refractivity contribution in [3.63, 3.8) is 0 Å². The summed E-state index contributed by atoms with van der Waals surface area (Å²) in [4.78, 5) is 87.2. The number of nitrogens with one attached hydrogen (secondary N) is 2. The zero-order valence-corrected chi connectivity index (χ0v) is 48.1. The Morgan fingerprint density at radius 3 is 2.11 bits per heavy atom. The van der Waals surface area contributed by atoms with Crippen LogP contribution in [0.25, 0.3) is 20.7 Å². The average molecular weight is 1150 g/mol. The molecule has 8 rings (SSSR count). The maximum atomic E-state index is 13.9. The van der Waals surface area contributed by atoms with Crippen molar-refractivity contribution in [3.8, 4) is 16.3 Å². The van der Waals surface area contributed by atoms with Crippen LogP contribution in [0, 0.1) is 12.3 Å². The van der Waals surface area contributed by atoms with Crippen molar-refractivity contribution in [2.75, 3.05) is 98.8 Å². The van der Waals surface area contributed by atoms with Gasteiger partial charge >= 0.3 is 0 Å². The molecule has 22 nitrogen and oxygen atoms in total. The summed E-state index contributed by atoms with van der Waals surface area (Å²) in [6.07, 6.45) is 5.35. The SMILES string of the molecule is Cc1ncsc1-c1ccc(CNC(=O)[C@@H]2C[C@@H](O)CN2C(=O)[C@@H](NC(=O)COCCOCCOCCOCCOCC(=O)N2CCN([C@H]3CC[C@H](Oc4ncnc5sc6c(c45)[C@@H](C[C@H](O)C(N)=O)CC6)CC3)CC2)C(C)(C)C)cc1. The lowest BCUT2D eigenvalue weighted by Gasteiger charge is -2.41. The van der Waals surface area contributed by atoms with Gasteiger partial charge in [0.05, 0.1) is 80.4 Å². The summed E-state index contributed by atoms with van der Waals surface area (Å²) in [7, 11) is 0. The Kier molecular flexibility index (Phi) is 22.1. The standard InChI is InChI=1S/C56H79N9O13S2/c1-35-49(79-34-61-35)37-7-5-36(6-8-37)29-58-52(71)42-28-40(66)30-65(42)55(72)50(56(2,3)4)62-45(68)31-76-25-23-74-21-19-73-20-22-75-24-26-77-32-46(69)64-17-15-63(16-18-64)39-10-12-41(13-11-39)78-53-48-47-38(27-43(67)51(57)70)9-14-44(47)80-54(48)60-33-59-53/h5-8,33-34,38-43,50,66-67H,9-32H2,1-4H3,(H2,57,70)(H,58,71)(H,62,68)/t38-,39-,40-,41-,42+,43+,50-/m1/s1. The lowest BCUT2D eigenvalue weighted by molar-refractivity contribution is -0.144. The molecule has 2 aliphatic carbocycles. The van der Waals surface area contributed by atoms with E-state index in [4.69, 9.17) is 34.2 Å². The van der Waals surface area contributed by atoms with E-state index in [0.717, 1.165) is 89.1 Å². The maximum absolute atomic E-state index is 13.9. The lowest BCUT2D eigenvalue weighted by Crippen LogP contribution is -2.58. The maximum Gasteiger partial charge on any atom is 0.248 e. The number of fused-ring (bicyclic) bond motifs is 3. The van der Waals surface area contributed by atoms with Gasteiger partial charge in [0.25, 0.3) is 0 Å². The van der Waals surface area contributed by atoms with E-state index in [1.54, 1.807) is 29.0 Å². The van der Waals surface area contributed by atoms with Crippen molar-refractivity contribution in [1.29, 1.82) is 0 Å². The number of aryl methyl sites for hydroxylation is 2. The molecule has 1 saturated carbocycles. The van der Waals surface area contributed by atoms with E-state index in [-0.39, 0.29) is 82.8 Å². The summed E-state index contributed by atoms with van der Waals surface area (Å²) in [5.74, 6) is -1.48. The van der Waals surface area contributed by atoms with Crippen LogP contribution in [0.4, 0.5) is 0 Å². The number of primary amides is 1. The topological polar surface area (TPSA) is 280 Å². The largest absolute Gasteiger partial charge is 0.474 e. The van der Waals surface area contributed by atoms with Crippen LogP contribution in [0.2, 0.25) is 0 Å².